The van der Waals surface area contributed by atoms with E-state index in [0.717, 1.165) is 0 Å². The van der Waals surface area contributed by atoms with Crippen LogP contribution in [0.5, 0.6) is 0 Å². The van der Waals surface area contributed by atoms with Crippen LogP contribution in [0.1, 0.15) is 37.3 Å². The van der Waals surface area contributed by atoms with Crippen LogP contribution >= 0.6 is 11.6 Å². The normalized spacial score (nSPS) is 28.6. The smallest absolute Gasteiger partial charge is 0.248 e. The number of aliphatic hydroxyl groups is 1. The lowest BCUT2D eigenvalue weighted by Gasteiger charge is -2.28. The monoisotopic (exact) mass is 390 g/mol. The van der Waals surface area contributed by atoms with Crippen molar-refractivity contribution in [3.05, 3.63) is 22.7 Å². The highest BCUT2D eigenvalue weighted by Crippen LogP contribution is 2.47. The number of aromatic nitrogens is 3. The third kappa shape index (κ3) is 3.12. The highest BCUT2D eigenvalue weighted by molar-refractivity contribution is 6.32. The molecule has 4 rings (SSSR count). The molecule has 6 nitrogen and oxygen atoms in total. The molecule has 2 aromatic rings. The lowest BCUT2D eigenvalue weighted by atomic mass is 10.0. The number of halogens is 4. The molecule has 1 aliphatic carbocycles. The predicted molar refractivity (Wildman–Crippen MR) is 88.3 cm³/mol. The number of nitrogens with zero attached hydrogens (tertiary/aromatic N) is 3. The first-order chi connectivity index (χ1) is 12.4. The third-order valence-corrected chi connectivity index (χ3v) is 5.39. The Morgan fingerprint density at radius 2 is 2.19 bits per heavy atom. The van der Waals surface area contributed by atoms with Gasteiger partial charge in [-0.1, -0.05) is 11.6 Å². The van der Waals surface area contributed by atoms with Crippen LogP contribution < -0.4 is 5.32 Å². The van der Waals surface area contributed by atoms with Gasteiger partial charge in [0, 0.05) is 25.4 Å². The first-order valence-electron chi connectivity index (χ1n) is 8.48. The first-order valence-corrected chi connectivity index (χ1v) is 8.86. The molecule has 1 saturated heterocycles. The molecule has 0 radical (unpaired) electrons. The minimum Gasteiger partial charge on any atom is -0.389 e. The van der Waals surface area contributed by atoms with Gasteiger partial charge < -0.3 is 15.2 Å². The summed E-state index contributed by atoms with van der Waals surface area (Å²) < 4.78 is 48.1. The topological polar surface area (TPSA) is 71.7 Å². The number of anilines is 1. The third-order valence-electron chi connectivity index (χ3n) is 5.03. The Morgan fingerprint density at radius 3 is 2.88 bits per heavy atom. The summed E-state index contributed by atoms with van der Waals surface area (Å²) in [5.41, 5.74) is 0.285. The molecular formula is C16H18ClF3N4O2. The second-order valence-electron chi connectivity index (χ2n) is 6.87. The SMILES string of the molecule is O[C@@H]1COCC[C@H]1Nc1ncc2c(F)c(Cl)c(C3CCC(F)(F)C3)n2n1. The fourth-order valence-corrected chi connectivity index (χ4v) is 3.99. The molecular weight excluding hydrogens is 373 g/mol. The lowest BCUT2D eigenvalue weighted by molar-refractivity contribution is -0.0136. The van der Waals surface area contributed by atoms with Crippen molar-refractivity contribution in [2.75, 3.05) is 18.5 Å². The highest BCUT2D eigenvalue weighted by atomic mass is 35.5. The fourth-order valence-electron chi connectivity index (χ4n) is 3.66. The Kier molecular flexibility index (Phi) is 4.48. The van der Waals surface area contributed by atoms with E-state index < -0.39 is 23.8 Å². The lowest BCUT2D eigenvalue weighted by Crippen LogP contribution is -2.42. The molecule has 26 heavy (non-hydrogen) atoms. The summed E-state index contributed by atoms with van der Waals surface area (Å²) in [6, 6.07) is -0.309. The van der Waals surface area contributed by atoms with E-state index >= 15 is 0 Å². The standard InChI is InChI=1S/C16H18ClF3N4O2/c17-12-13(18)10-6-21-15(22-9-2-4-26-7-11(9)25)23-24(10)14(12)8-1-3-16(19,20)5-8/h6,8-9,11,25H,1-5,7H2,(H,22,23)/t8?,9-,11-/m1/s1. The summed E-state index contributed by atoms with van der Waals surface area (Å²) in [5.74, 6) is -3.91. The van der Waals surface area contributed by atoms with Crippen LogP contribution in [-0.4, -0.2) is 51.0 Å². The van der Waals surface area contributed by atoms with Crippen LogP contribution in [0, 0.1) is 5.82 Å². The average molecular weight is 391 g/mol. The molecule has 1 saturated carbocycles. The van der Waals surface area contributed by atoms with E-state index in [0.29, 0.717) is 13.0 Å². The molecule has 0 bridgehead atoms. The van der Waals surface area contributed by atoms with Crippen molar-refractivity contribution in [2.24, 2.45) is 0 Å². The van der Waals surface area contributed by atoms with E-state index in [-0.39, 0.29) is 54.1 Å². The summed E-state index contributed by atoms with van der Waals surface area (Å²) in [6.45, 7) is 0.690. The van der Waals surface area contributed by atoms with Gasteiger partial charge >= 0.3 is 0 Å². The van der Waals surface area contributed by atoms with Crippen LogP contribution in [0.3, 0.4) is 0 Å². The zero-order valence-corrected chi connectivity index (χ0v) is 14.5. The minimum absolute atomic E-state index is 0.0401. The van der Waals surface area contributed by atoms with Gasteiger partial charge in [0.15, 0.2) is 5.82 Å². The van der Waals surface area contributed by atoms with Gasteiger partial charge in [-0.2, -0.15) is 0 Å². The Morgan fingerprint density at radius 1 is 1.38 bits per heavy atom. The van der Waals surface area contributed by atoms with Gasteiger partial charge in [0.25, 0.3) is 0 Å². The second-order valence-corrected chi connectivity index (χ2v) is 7.25. The molecule has 0 aromatic carbocycles. The zero-order chi connectivity index (χ0) is 18.5. The van der Waals surface area contributed by atoms with Gasteiger partial charge in [0.2, 0.25) is 11.9 Å². The van der Waals surface area contributed by atoms with E-state index in [2.05, 4.69) is 15.4 Å². The first kappa shape index (κ1) is 17.8. The number of nitrogens with one attached hydrogen (secondary N) is 1. The molecule has 3 atom stereocenters. The summed E-state index contributed by atoms with van der Waals surface area (Å²) in [6.07, 6.45) is 0.672. The van der Waals surface area contributed by atoms with Gasteiger partial charge in [0.1, 0.15) is 10.5 Å². The number of ether oxygens (including phenoxy) is 1. The minimum atomic E-state index is -2.78. The van der Waals surface area contributed by atoms with Crippen molar-refractivity contribution in [3.8, 4) is 0 Å². The van der Waals surface area contributed by atoms with E-state index in [1.165, 1.54) is 10.7 Å². The van der Waals surface area contributed by atoms with Crippen molar-refractivity contribution >= 4 is 23.1 Å². The number of rotatable bonds is 3. The van der Waals surface area contributed by atoms with E-state index in [9.17, 15) is 18.3 Å². The molecule has 1 aliphatic heterocycles. The molecule has 1 unspecified atom stereocenters. The maximum Gasteiger partial charge on any atom is 0.248 e. The van der Waals surface area contributed by atoms with Crippen molar-refractivity contribution in [2.45, 2.75) is 49.7 Å². The number of fused-ring (bicyclic) bond motifs is 1. The van der Waals surface area contributed by atoms with E-state index in [1.54, 1.807) is 0 Å². The van der Waals surface area contributed by atoms with Gasteiger partial charge in [-0.3, -0.25) is 0 Å². The Balaban J connectivity index is 1.69. The molecule has 2 aliphatic rings. The maximum atomic E-state index is 14.4. The fraction of sp³-hybridized carbons (Fsp3) is 0.625. The molecule has 142 valence electrons. The molecule has 2 fully saturated rings. The number of hydrogen-bond acceptors (Lipinski definition) is 5. The summed E-state index contributed by atoms with van der Waals surface area (Å²) in [7, 11) is 0. The van der Waals surface area contributed by atoms with Crippen LogP contribution in [0.2, 0.25) is 5.02 Å². The van der Waals surface area contributed by atoms with Crippen molar-refractivity contribution in [1.82, 2.24) is 14.6 Å². The van der Waals surface area contributed by atoms with Crippen LogP contribution in [0.15, 0.2) is 6.20 Å². The van der Waals surface area contributed by atoms with Crippen LogP contribution in [0.25, 0.3) is 5.52 Å². The van der Waals surface area contributed by atoms with E-state index in [4.69, 9.17) is 16.3 Å². The van der Waals surface area contributed by atoms with Gasteiger partial charge in [-0.25, -0.2) is 22.7 Å². The molecule has 2 aromatic heterocycles. The summed E-state index contributed by atoms with van der Waals surface area (Å²) >= 11 is 6.09. The summed E-state index contributed by atoms with van der Waals surface area (Å²) in [5, 5.41) is 17.0. The summed E-state index contributed by atoms with van der Waals surface area (Å²) in [4.78, 5) is 4.06. The Labute approximate surface area is 152 Å². The maximum absolute atomic E-state index is 14.4. The quantitative estimate of drug-likeness (QED) is 0.843. The van der Waals surface area contributed by atoms with Crippen molar-refractivity contribution in [1.29, 1.82) is 0 Å². The highest BCUT2D eigenvalue weighted by Gasteiger charge is 2.42. The van der Waals surface area contributed by atoms with Crippen LogP contribution in [0.4, 0.5) is 19.1 Å². The number of alkyl halides is 2. The molecule has 0 spiro atoms. The average Bonchev–Trinajstić information content (AvgIpc) is 3.07. The molecule has 0 amide bonds. The Hall–Kier alpha value is -1.58. The zero-order valence-electron chi connectivity index (χ0n) is 13.8. The number of aliphatic hydroxyl groups excluding tert-OH is 1. The van der Waals surface area contributed by atoms with Crippen molar-refractivity contribution in [3.63, 3.8) is 0 Å². The van der Waals surface area contributed by atoms with E-state index in [1.807, 2.05) is 0 Å². The molecule has 2 N–H and O–H groups in total. The largest absolute Gasteiger partial charge is 0.389 e. The van der Waals surface area contributed by atoms with Crippen molar-refractivity contribution < 1.29 is 23.0 Å². The Bertz CT molecular complexity index is 831. The van der Waals surface area contributed by atoms with Crippen LogP contribution in [-0.2, 0) is 4.74 Å². The second kappa shape index (κ2) is 6.54. The molecule has 10 heteroatoms. The van der Waals surface area contributed by atoms with Gasteiger partial charge in [0.05, 0.1) is 30.6 Å². The predicted octanol–water partition coefficient (Wildman–Crippen LogP) is 2.99. The number of hydrogen-bond donors (Lipinski definition) is 2. The molecule has 3 heterocycles. The van der Waals surface area contributed by atoms with Gasteiger partial charge in [-0.15, -0.1) is 5.10 Å². The van der Waals surface area contributed by atoms with Gasteiger partial charge in [-0.05, 0) is 12.8 Å².